The van der Waals surface area contributed by atoms with Crippen molar-refractivity contribution < 1.29 is 18.3 Å². The Hall–Kier alpha value is -3.91. The molecule has 0 saturated heterocycles. The predicted octanol–water partition coefficient (Wildman–Crippen LogP) is 6.28. The molecule has 0 spiro atoms. The zero-order chi connectivity index (χ0) is 25.9. The van der Waals surface area contributed by atoms with Gasteiger partial charge in [-0.1, -0.05) is 24.3 Å². The number of rotatable bonds is 4. The second kappa shape index (κ2) is 10.6. The molecule has 0 unspecified atom stereocenters. The third-order valence-electron chi connectivity index (χ3n) is 6.70. The lowest BCUT2D eigenvalue weighted by Crippen LogP contribution is -2.41. The smallest absolute Gasteiger partial charge is 0.257 e. The Morgan fingerprint density at radius 3 is 2.32 bits per heavy atom. The SMILES string of the molecule is COc1ccc(C(=O)NC(=S)N2N=C3/C(=C\c4ccc(F)cc4)CCC[C@@H]3[C@H]2c2ccc(F)cc2)cc1. The van der Waals surface area contributed by atoms with Gasteiger partial charge < -0.3 is 4.74 Å². The van der Waals surface area contributed by atoms with Gasteiger partial charge in [0.05, 0.1) is 18.9 Å². The van der Waals surface area contributed by atoms with E-state index >= 15 is 0 Å². The fourth-order valence-corrected chi connectivity index (χ4v) is 5.14. The Balaban J connectivity index is 1.47. The molecule has 2 aliphatic rings. The van der Waals surface area contributed by atoms with Crippen LogP contribution in [0.5, 0.6) is 5.75 Å². The van der Waals surface area contributed by atoms with Crippen LogP contribution in [-0.4, -0.2) is 28.9 Å². The number of ether oxygens (including phenoxy) is 1. The van der Waals surface area contributed by atoms with Gasteiger partial charge in [-0.3, -0.25) is 10.1 Å². The maximum atomic E-state index is 13.7. The molecule has 188 valence electrons. The third-order valence-corrected chi connectivity index (χ3v) is 6.99. The number of halogens is 2. The van der Waals surface area contributed by atoms with E-state index in [-0.39, 0.29) is 34.6 Å². The molecular weight excluding hydrogens is 492 g/mol. The summed E-state index contributed by atoms with van der Waals surface area (Å²) in [4.78, 5) is 12.9. The van der Waals surface area contributed by atoms with Crippen molar-refractivity contribution in [2.45, 2.75) is 25.3 Å². The average molecular weight is 518 g/mol. The lowest BCUT2D eigenvalue weighted by molar-refractivity contribution is 0.0971. The number of fused-ring (bicyclic) bond motifs is 1. The Labute approximate surface area is 219 Å². The number of hydrogen-bond acceptors (Lipinski definition) is 4. The summed E-state index contributed by atoms with van der Waals surface area (Å²) < 4.78 is 32.3. The van der Waals surface area contributed by atoms with Crippen molar-refractivity contribution in [3.8, 4) is 5.75 Å². The first-order chi connectivity index (χ1) is 17.9. The molecule has 0 bridgehead atoms. The number of nitrogens with one attached hydrogen (secondary N) is 1. The van der Waals surface area contributed by atoms with E-state index in [2.05, 4.69) is 5.32 Å². The van der Waals surface area contributed by atoms with Crippen LogP contribution in [0.4, 0.5) is 8.78 Å². The lowest BCUT2D eigenvalue weighted by Gasteiger charge is -2.30. The number of hydrazone groups is 1. The van der Waals surface area contributed by atoms with E-state index in [9.17, 15) is 13.6 Å². The minimum atomic E-state index is -0.359. The van der Waals surface area contributed by atoms with E-state index in [1.165, 1.54) is 24.3 Å². The van der Waals surface area contributed by atoms with Gasteiger partial charge >= 0.3 is 0 Å². The van der Waals surface area contributed by atoms with Crippen LogP contribution in [0, 0.1) is 17.6 Å². The number of nitrogens with zero attached hydrogens (tertiary/aromatic N) is 2. The van der Waals surface area contributed by atoms with Crippen molar-refractivity contribution in [3.63, 3.8) is 0 Å². The van der Waals surface area contributed by atoms with Gasteiger partial charge in [0.15, 0.2) is 5.11 Å². The highest BCUT2D eigenvalue weighted by Gasteiger charge is 2.43. The molecule has 8 heteroatoms. The highest BCUT2D eigenvalue weighted by molar-refractivity contribution is 7.80. The fraction of sp³-hybridized carbons (Fsp3) is 0.207. The van der Waals surface area contributed by atoms with Gasteiger partial charge in [0.2, 0.25) is 0 Å². The molecule has 1 amide bonds. The zero-order valence-corrected chi connectivity index (χ0v) is 21.0. The van der Waals surface area contributed by atoms with Gasteiger partial charge in [0.25, 0.3) is 5.91 Å². The molecule has 0 aromatic heterocycles. The van der Waals surface area contributed by atoms with Crippen LogP contribution in [0.25, 0.3) is 6.08 Å². The van der Waals surface area contributed by atoms with Crippen LogP contribution in [0.1, 0.15) is 46.8 Å². The molecule has 5 nitrogen and oxygen atoms in total. The monoisotopic (exact) mass is 517 g/mol. The molecule has 37 heavy (non-hydrogen) atoms. The van der Waals surface area contributed by atoms with E-state index in [1.54, 1.807) is 60.6 Å². The number of amides is 1. The van der Waals surface area contributed by atoms with E-state index in [0.717, 1.165) is 41.7 Å². The van der Waals surface area contributed by atoms with Gasteiger partial charge in [-0.15, -0.1) is 0 Å². The van der Waals surface area contributed by atoms with E-state index in [4.69, 9.17) is 22.1 Å². The summed E-state index contributed by atoms with van der Waals surface area (Å²) in [5.41, 5.74) is 4.09. The molecule has 5 rings (SSSR count). The molecule has 2 atom stereocenters. The lowest BCUT2D eigenvalue weighted by atomic mass is 9.77. The summed E-state index contributed by atoms with van der Waals surface area (Å²) in [7, 11) is 1.56. The number of allylic oxidation sites excluding steroid dienone is 1. The van der Waals surface area contributed by atoms with Crippen molar-refractivity contribution in [2.75, 3.05) is 7.11 Å². The Morgan fingerprint density at radius 2 is 1.68 bits per heavy atom. The van der Waals surface area contributed by atoms with Gasteiger partial charge in [-0.25, -0.2) is 13.8 Å². The molecule has 0 radical (unpaired) electrons. The largest absolute Gasteiger partial charge is 0.497 e. The number of carbonyl (C=O) groups excluding carboxylic acids is 1. The number of thiocarbonyl (C=S) groups is 1. The van der Waals surface area contributed by atoms with Gasteiger partial charge in [0, 0.05) is 11.5 Å². The van der Waals surface area contributed by atoms with Crippen LogP contribution < -0.4 is 10.1 Å². The summed E-state index contributed by atoms with van der Waals surface area (Å²) in [5.74, 6) is -0.330. The minimum absolute atomic E-state index is 0.00162. The van der Waals surface area contributed by atoms with Crippen molar-refractivity contribution in [1.82, 2.24) is 10.3 Å². The minimum Gasteiger partial charge on any atom is -0.497 e. The Morgan fingerprint density at radius 1 is 1.03 bits per heavy atom. The number of carbonyl (C=O) groups is 1. The summed E-state index contributed by atoms with van der Waals surface area (Å²) in [6.07, 6.45) is 4.65. The zero-order valence-electron chi connectivity index (χ0n) is 20.2. The predicted molar refractivity (Wildman–Crippen MR) is 143 cm³/mol. The molecule has 1 fully saturated rings. The van der Waals surface area contributed by atoms with Gasteiger partial charge in [-0.2, -0.15) is 5.10 Å². The summed E-state index contributed by atoms with van der Waals surface area (Å²) in [6, 6.07) is 19.1. The summed E-state index contributed by atoms with van der Waals surface area (Å²) in [5, 5.41) is 9.53. The first-order valence-electron chi connectivity index (χ1n) is 12.0. The van der Waals surface area contributed by atoms with Crippen molar-refractivity contribution >= 4 is 35.0 Å². The molecular formula is C29H25F2N3O2S. The Kier molecular flexibility index (Phi) is 7.10. The molecule has 1 aliphatic heterocycles. The number of benzene rings is 3. The highest BCUT2D eigenvalue weighted by atomic mass is 32.1. The molecule has 3 aromatic carbocycles. The van der Waals surface area contributed by atoms with Crippen molar-refractivity contribution in [1.29, 1.82) is 0 Å². The van der Waals surface area contributed by atoms with Crippen LogP contribution in [-0.2, 0) is 0 Å². The van der Waals surface area contributed by atoms with E-state index < -0.39 is 0 Å². The van der Waals surface area contributed by atoms with Crippen LogP contribution >= 0.6 is 12.2 Å². The molecule has 1 saturated carbocycles. The highest BCUT2D eigenvalue weighted by Crippen LogP contribution is 2.44. The second-order valence-electron chi connectivity index (χ2n) is 9.03. The maximum absolute atomic E-state index is 13.7. The molecule has 1 aliphatic carbocycles. The van der Waals surface area contributed by atoms with Gasteiger partial charge in [0.1, 0.15) is 17.4 Å². The van der Waals surface area contributed by atoms with Crippen molar-refractivity contribution in [3.05, 3.63) is 107 Å². The number of hydrogen-bond donors (Lipinski definition) is 1. The third kappa shape index (κ3) is 5.29. The average Bonchev–Trinajstić information content (AvgIpc) is 3.31. The normalized spacial score (nSPS) is 19.8. The summed E-state index contributed by atoms with van der Waals surface area (Å²) >= 11 is 5.67. The van der Waals surface area contributed by atoms with Crippen LogP contribution in [0.15, 0.2) is 83.5 Å². The molecule has 1 heterocycles. The van der Waals surface area contributed by atoms with Crippen LogP contribution in [0.3, 0.4) is 0 Å². The first-order valence-corrected chi connectivity index (χ1v) is 12.4. The van der Waals surface area contributed by atoms with Crippen LogP contribution in [0.2, 0.25) is 0 Å². The fourth-order valence-electron chi connectivity index (χ4n) is 4.89. The Bertz CT molecular complexity index is 1370. The standard InChI is InChI=1S/C29H25F2N3O2S/c1-36-24-15-9-20(10-16-24)28(35)32-29(37)34-27(19-7-13-23(31)14-8-19)25-4-2-3-21(26(25)33-34)17-18-5-11-22(30)12-6-18/h5-17,25,27H,2-4H2,1H3,(H,32,35,37)/b21-17-/t25-,27+/m0/s1. The maximum Gasteiger partial charge on any atom is 0.257 e. The quantitative estimate of drug-likeness (QED) is 0.414. The summed E-state index contributed by atoms with van der Waals surface area (Å²) in [6.45, 7) is 0. The topological polar surface area (TPSA) is 53.9 Å². The van der Waals surface area contributed by atoms with E-state index in [0.29, 0.717) is 11.3 Å². The van der Waals surface area contributed by atoms with E-state index in [1.807, 2.05) is 6.08 Å². The molecule has 1 N–H and O–H groups in total. The second-order valence-corrected chi connectivity index (χ2v) is 9.42. The molecule has 3 aromatic rings. The van der Waals surface area contributed by atoms with Gasteiger partial charge in [-0.05, 0) is 103 Å². The number of methoxy groups -OCH3 is 1. The first kappa shape index (κ1) is 24.8. The van der Waals surface area contributed by atoms with Crippen molar-refractivity contribution in [2.24, 2.45) is 11.0 Å².